The van der Waals surface area contributed by atoms with Crippen molar-refractivity contribution < 1.29 is 36.6 Å². The Labute approximate surface area is 209 Å². The van der Waals surface area contributed by atoms with Gasteiger partial charge in [0.25, 0.3) is 6.43 Å². The maximum Gasteiger partial charge on any atom is 0.345 e. The smallest absolute Gasteiger partial charge is 0.345 e. The lowest BCUT2D eigenvalue weighted by Gasteiger charge is -2.37. The average Bonchev–Trinajstić information content (AvgIpc) is 2.87. The summed E-state index contributed by atoms with van der Waals surface area (Å²) >= 11 is 0. The number of rotatable bonds is 8. The summed E-state index contributed by atoms with van der Waals surface area (Å²) in [5.74, 6) is -1.57. The maximum absolute atomic E-state index is 14.7. The number of aromatic nitrogens is 2. The molecule has 37 heavy (non-hydrogen) atoms. The molecule has 1 aliphatic rings. The minimum Gasteiger partial charge on any atom is -0.383 e. The molecular weight excluding hydrogens is 499 g/mol. The Morgan fingerprint density at radius 3 is 2.54 bits per heavy atom. The molecule has 12 heteroatoms. The van der Waals surface area contributed by atoms with Gasteiger partial charge in [-0.3, -0.25) is 14.8 Å². The van der Waals surface area contributed by atoms with E-state index in [0.717, 1.165) is 6.07 Å². The predicted molar refractivity (Wildman–Crippen MR) is 125 cm³/mol. The summed E-state index contributed by atoms with van der Waals surface area (Å²) in [5.41, 5.74) is -0.643. The lowest BCUT2D eigenvalue weighted by molar-refractivity contribution is -0.162. The van der Waals surface area contributed by atoms with Gasteiger partial charge in [0.2, 0.25) is 5.91 Å². The van der Waals surface area contributed by atoms with E-state index in [0.29, 0.717) is 22.3 Å². The lowest BCUT2D eigenvalue weighted by atomic mass is 9.87. The van der Waals surface area contributed by atoms with Gasteiger partial charge in [0.1, 0.15) is 18.0 Å². The van der Waals surface area contributed by atoms with Crippen LogP contribution < -0.4 is 5.32 Å². The van der Waals surface area contributed by atoms with Gasteiger partial charge < -0.3 is 20.1 Å². The summed E-state index contributed by atoms with van der Waals surface area (Å²) < 4.78 is 69.5. The predicted octanol–water partition coefficient (Wildman–Crippen LogP) is 4.93. The van der Waals surface area contributed by atoms with E-state index in [9.17, 15) is 31.9 Å². The number of hydrogen-bond acceptors (Lipinski definition) is 6. The van der Waals surface area contributed by atoms with E-state index >= 15 is 0 Å². The number of amides is 1. The van der Waals surface area contributed by atoms with E-state index in [4.69, 9.17) is 0 Å². The van der Waals surface area contributed by atoms with Crippen LogP contribution in [0.25, 0.3) is 10.9 Å². The van der Waals surface area contributed by atoms with E-state index in [1.54, 1.807) is 19.1 Å². The minimum atomic E-state index is -3.05. The summed E-state index contributed by atoms with van der Waals surface area (Å²) in [4.78, 5) is 22.0. The molecular formula is C25H25F5N4O3. The van der Waals surface area contributed by atoms with Gasteiger partial charge in [-0.15, -0.1) is 0 Å². The molecule has 0 unspecified atom stereocenters. The highest BCUT2D eigenvalue weighted by Crippen LogP contribution is 2.35. The standard InChI is InChI=1S/C25H25F5N4O3/c1-14(15-3-2-4-16(22(15)26)23(27)28)33-18-5-8-31-19-12-32-20(11-17(18)19)25(36)6-9-34(10-7-25)21(35)13-37-24(29)30/h2-5,8,11-12,14,23-24,36H,6-7,9-10,13H2,1H3,(H,31,33)/t14-/m1/s1. The van der Waals surface area contributed by atoms with Crippen molar-refractivity contribution in [1.29, 1.82) is 0 Å². The van der Waals surface area contributed by atoms with Gasteiger partial charge in [-0.05, 0) is 31.9 Å². The number of piperidine rings is 1. The Kier molecular flexibility index (Phi) is 7.88. The zero-order chi connectivity index (χ0) is 26.7. The molecule has 7 nitrogen and oxygen atoms in total. The fourth-order valence-corrected chi connectivity index (χ4v) is 4.42. The fraction of sp³-hybridized carbons (Fsp3) is 0.400. The number of ether oxygens (including phenoxy) is 1. The van der Waals surface area contributed by atoms with Crippen LogP contribution in [0.3, 0.4) is 0 Å². The molecule has 0 aliphatic carbocycles. The van der Waals surface area contributed by atoms with Crippen molar-refractivity contribution in [2.75, 3.05) is 25.0 Å². The Bertz CT molecular complexity index is 1270. The molecule has 2 N–H and O–H groups in total. The Morgan fingerprint density at radius 1 is 1.16 bits per heavy atom. The van der Waals surface area contributed by atoms with E-state index in [2.05, 4.69) is 20.0 Å². The monoisotopic (exact) mass is 524 g/mol. The van der Waals surface area contributed by atoms with Crippen LogP contribution in [0.4, 0.5) is 27.6 Å². The van der Waals surface area contributed by atoms with Crippen molar-refractivity contribution in [2.45, 2.75) is 44.4 Å². The molecule has 1 amide bonds. The lowest BCUT2D eigenvalue weighted by Crippen LogP contribution is -2.46. The van der Waals surface area contributed by atoms with Crippen molar-refractivity contribution >= 4 is 22.5 Å². The first-order valence-corrected chi connectivity index (χ1v) is 11.6. The van der Waals surface area contributed by atoms with Crippen molar-refractivity contribution in [3.8, 4) is 0 Å². The van der Waals surface area contributed by atoms with Gasteiger partial charge >= 0.3 is 6.61 Å². The third-order valence-corrected chi connectivity index (χ3v) is 6.51. The Hall–Kier alpha value is -3.38. The summed E-state index contributed by atoms with van der Waals surface area (Å²) in [6.07, 6.45) is 0.297. The summed E-state index contributed by atoms with van der Waals surface area (Å²) in [5, 5.41) is 15.0. The largest absolute Gasteiger partial charge is 0.383 e. The van der Waals surface area contributed by atoms with E-state index < -0.39 is 48.6 Å². The van der Waals surface area contributed by atoms with Crippen LogP contribution in [-0.2, 0) is 15.1 Å². The van der Waals surface area contributed by atoms with E-state index in [-0.39, 0.29) is 31.5 Å². The maximum atomic E-state index is 14.7. The van der Waals surface area contributed by atoms with E-state index in [1.165, 1.54) is 29.4 Å². The molecule has 198 valence electrons. The molecule has 0 bridgehead atoms. The summed E-state index contributed by atoms with van der Waals surface area (Å²) in [6.45, 7) is -1.91. The fourth-order valence-electron chi connectivity index (χ4n) is 4.42. The second-order valence-electron chi connectivity index (χ2n) is 8.85. The average molecular weight is 524 g/mol. The number of pyridine rings is 2. The number of halogens is 5. The second kappa shape index (κ2) is 10.9. The number of aliphatic hydroxyl groups is 1. The van der Waals surface area contributed by atoms with Crippen LogP contribution in [0.15, 0.2) is 42.7 Å². The van der Waals surface area contributed by atoms with Crippen molar-refractivity contribution in [1.82, 2.24) is 14.9 Å². The zero-order valence-corrected chi connectivity index (χ0v) is 19.8. The first-order chi connectivity index (χ1) is 17.6. The molecule has 1 aromatic carbocycles. The summed E-state index contributed by atoms with van der Waals surface area (Å²) in [6, 6.07) is 6.46. The number of alkyl halides is 4. The highest BCUT2D eigenvalue weighted by molar-refractivity contribution is 5.91. The van der Waals surface area contributed by atoms with Gasteiger partial charge in [-0.1, -0.05) is 18.2 Å². The third kappa shape index (κ3) is 5.80. The second-order valence-corrected chi connectivity index (χ2v) is 8.85. The number of carbonyl (C=O) groups is 1. The molecule has 0 spiro atoms. The number of nitrogens with one attached hydrogen (secondary N) is 1. The molecule has 2 aromatic heterocycles. The normalized spacial score (nSPS) is 16.4. The molecule has 1 fully saturated rings. The molecule has 1 atom stereocenters. The molecule has 1 saturated heterocycles. The van der Waals surface area contributed by atoms with Crippen LogP contribution in [0.1, 0.15) is 49.1 Å². The molecule has 1 aliphatic heterocycles. The molecule has 0 saturated carbocycles. The number of hydrogen-bond donors (Lipinski definition) is 2. The molecule has 3 heterocycles. The highest BCUT2D eigenvalue weighted by atomic mass is 19.3. The van der Waals surface area contributed by atoms with Crippen LogP contribution in [-0.4, -0.2) is 52.2 Å². The number of benzene rings is 1. The van der Waals surface area contributed by atoms with Gasteiger partial charge in [-0.2, -0.15) is 8.78 Å². The van der Waals surface area contributed by atoms with Crippen molar-refractivity contribution in [3.63, 3.8) is 0 Å². The van der Waals surface area contributed by atoms with Crippen LogP contribution in [0, 0.1) is 5.82 Å². The number of nitrogens with zero attached hydrogens (tertiary/aromatic N) is 3. The van der Waals surface area contributed by atoms with E-state index in [1.807, 2.05) is 0 Å². The SMILES string of the molecule is C[C@@H](Nc1ccnc2cnc(C3(O)CCN(C(=O)COC(F)F)CC3)cc12)c1cccc(C(F)F)c1F. The van der Waals surface area contributed by atoms with Gasteiger partial charge in [0, 0.05) is 35.9 Å². The Balaban J connectivity index is 1.55. The highest BCUT2D eigenvalue weighted by Gasteiger charge is 2.37. The number of fused-ring (bicyclic) bond motifs is 1. The number of likely N-dealkylation sites (tertiary alicyclic amines) is 1. The molecule has 3 aromatic rings. The van der Waals surface area contributed by atoms with Crippen LogP contribution >= 0.6 is 0 Å². The summed E-state index contributed by atoms with van der Waals surface area (Å²) in [7, 11) is 0. The van der Waals surface area contributed by atoms with Crippen molar-refractivity contribution in [2.24, 2.45) is 0 Å². The number of carbonyl (C=O) groups excluding carboxylic acids is 1. The molecule has 0 radical (unpaired) electrons. The van der Waals surface area contributed by atoms with Gasteiger partial charge in [0.15, 0.2) is 0 Å². The van der Waals surface area contributed by atoms with Crippen molar-refractivity contribution in [3.05, 3.63) is 65.4 Å². The molecule has 4 rings (SSSR count). The zero-order valence-electron chi connectivity index (χ0n) is 19.8. The van der Waals surface area contributed by atoms with Crippen LogP contribution in [0.5, 0.6) is 0 Å². The topological polar surface area (TPSA) is 87.6 Å². The minimum absolute atomic E-state index is 0.0727. The first kappa shape index (κ1) is 26.7. The van der Waals surface area contributed by atoms with Gasteiger partial charge in [0.05, 0.1) is 29.0 Å². The van der Waals surface area contributed by atoms with Gasteiger partial charge in [-0.25, -0.2) is 13.2 Å². The quantitative estimate of drug-likeness (QED) is 0.407. The Morgan fingerprint density at radius 2 is 1.86 bits per heavy atom. The third-order valence-electron chi connectivity index (χ3n) is 6.51. The first-order valence-electron chi connectivity index (χ1n) is 11.6. The van der Waals surface area contributed by atoms with Crippen LogP contribution in [0.2, 0.25) is 0 Å². The number of anilines is 1.